The van der Waals surface area contributed by atoms with Crippen LogP contribution in [-0.2, 0) is 4.79 Å². The van der Waals surface area contributed by atoms with Crippen molar-refractivity contribution in [2.45, 2.75) is 39.7 Å². The highest BCUT2D eigenvalue weighted by atomic mass is 16.5. The fourth-order valence-electron chi connectivity index (χ4n) is 3.50. The Kier molecular flexibility index (Phi) is 6.56. The minimum absolute atomic E-state index is 0.0182. The lowest BCUT2D eigenvalue weighted by Gasteiger charge is -2.35. The van der Waals surface area contributed by atoms with E-state index < -0.39 is 0 Å². The van der Waals surface area contributed by atoms with E-state index in [4.69, 9.17) is 9.15 Å². The summed E-state index contributed by atoms with van der Waals surface area (Å²) in [5.74, 6) is 3.18. The molecule has 5 nitrogen and oxygen atoms in total. The van der Waals surface area contributed by atoms with Crippen LogP contribution in [0.3, 0.4) is 0 Å². The van der Waals surface area contributed by atoms with Crippen LogP contribution in [0.25, 0.3) is 0 Å². The molecule has 1 aromatic heterocycles. The third-order valence-corrected chi connectivity index (χ3v) is 5.20. The van der Waals surface area contributed by atoms with Crippen molar-refractivity contribution in [1.82, 2.24) is 10.2 Å². The molecule has 146 valence electrons. The van der Waals surface area contributed by atoms with Gasteiger partial charge in [-0.2, -0.15) is 0 Å². The average molecular weight is 370 g/mol. The molecule has 27 heavy (non-hydrogen) atoms. The van der Waals surface area contributed by atoms with Gasteiger partial charge in [0.15, 0.2) is 6.61 Å². The molecule has 0 aliphatic carbocycles. The van der Waals surface area contributed by atoms with E-state index in [1.807, 2.05) is 50.2 Å². The number of hydrogen-bond acceptors (Lipinski definition) is 4. The molecule has 1 aliphatic rings. The van der Waals surface area contributed by atoms with Crippen molar-refractivity contribution in [2.75, 3.05) is 26.2 Å². The quantitative estimate of drug-likeness (QED) is 0.804. The fraction of sp³-hybridized carbons (Fsp3) is 0.500. The second kappa shape index (κ2) is 9.09. The Hall–Kier alpha value is -2.27. The number of carbonyl (C=O) groups excluding carboxylic acids is 1. The van der Waals surface area contributed by atoms with Gasteiger partial charge in [-0.05, 0) is 75.5 Å². The molecule has 1 N–H and O–H groups in total. The van der Waals surface area contributed by atoms with Crippen LogP contribution < -0.4 is 10.1 Å². The van der Waals surface area contributed by atoms with Crippen molar-refractivity contribution in [3.8, 4) is 5.75 Å². The van der Waals surface area contributed by atoms with E-state index in [0.29, 0.717) is 12.3 Å². The van der Waals surface area contributed by atoms with E-state index in [1.165, 1.54) is 12.8 Å². The topological polar surface area (TPSA) is 54.7 Å². The molecular formula is C22H30N2O3. The van der Waals surface area contributed by atoms with Crippen LogP contribution in [0.4, 0.5) is 0 Å². The van der Waals surface area contributed by atoms with E-state index in [2.05, 4.69) is 17.1 Å². The number of furan rings is 1. The molecule has 0 bridgehead atoms. The molecule has 0 unspecified atom stereocenters. The zero-order chi connectivity index (χ0) is 19.2. The van der Waals surface area contributed by atoms with Crippen molar-refractivity contribution in [1.29, 1.82) is 0 Å². The number of likely N-dealkylation sites (tertiary alicyclic amines) is 1. The molecule has 1 fully saturated rings. The van der Waals surface area contributed by atoms with Crippen LogP contribution in [0.15, 0.2) is 40.8 Å². The maximum Gasteiger partial charge on any atom is 0.258 e. The monoisotopic (exact) mass is 370 g/mol. The van der Waals surface area contributed by atoms with E-state index >= 15 is 0 Å². The standard InChI is InChI=1S/C22H30N2O3/c1-16-9-11-24(12-10-16)20(21-8-7-18(3)27-21)14-23-22(25)15-26-19-6-4-5-17(2)13-19/h4-8,13,16,20H,9-12,14-15H2,1-3H3,(H,23,25)/t20-/m0/s1. The van der Waals surface area contributed by atoms with Gasteiger partial charge in [-0.3, -0.25) is 9.69 Å². The summed E-state index contributed by atoms with van der Waals surface area (Å²) in [5.41, 5.74) is 1.11. The first-order valence-corrected chi connectivity index (χ1v) is 9.78. The van der Waals surface area contributed by atoms with Gasteiger partial charge in [0, 0.05) is 6.54 Å². The Morgan fingerprint density at radius 3 is 2.70 bits per heavy atom. The van der Waals surface area contributed by atoms with Gasteiger partial charge in [-0.25, -0.2) is 0 Å². The first-order valence-electron chi connectivity index (χ1n) is 9.78. The van der Waals surface area contributed by atoms with Crippen LogP contribution in [-0.4, -0.2) is 37.0 Å². The number of hydrogen-bond donors (Lipinski definition) is 1. The number of ether oxygens (including phenoxy) is 1. The molecule has 1 atom stereocenters. The van der Waals surface area contributed by atoms with Crippen molar-refractivity contribution in [3.63, 3.8) is 0 Å². The molecule has 2 heterocycles. The fourth-order valence-corrected chi connectivity index (χ4v) is 3.50. The maximum atomic E-state index is 12.3. The molecule has 3 rings (SSSR count). The van der Waals surface area contributed by atoms with Gasteiger partial charge in [0.2, 0.25) is 0 Å². The number of rotatable bonds is 7. The minimum Gasteiger partial charge on any atom is -0.484 e. The molecule has 1 aromatic carbocycles. The number of carbonyl (C=O) groups is 1. The van der Waals surface area contributed by atoms with Crippen LogP contribution in [0.2, 0.25) is 0 Å². The van der Waals surface area contributed by atoms with Gasteiger partial charge in [-0.1, -0.05) is 19.1 Å². The average Bonchev–Trinajstić information content (AvgIpc) is 3.08. The highest BCUT2D eigenvalue weighted by Gasteiger charge is 2.27. The highest BCUT2D eigenvalue weighted by Crippen LogP contribution is 2.27. The van der Waals surface area contributed by atoms with Crippen LogP contribution in [0.1, 0.15) is 42.9 Å². The molecule has 5 heteroatoms. The van der Waals surface area contributed by atoms with Gasteiger partial charge in [0.05, 0.1) is 6.04 Å². The number of nitrogens with zero attached hydrogens (tertiary/aromatic N) is 1. The van der Waals surface area contributed by atoms with Crippen LogP contribution in [0, 0.1) is 19.8 Å². The Morgan fingerprint density at radius 1 is 1.26 bits per heavy atom. The number of benzene rings is 1. The molecular weight excluding hydrogens is 340 g/mol. The lowest BCUT2D eigenvalue weighted by Crippen LogP contribution is -2.42. The lowest BCUT2D eigenvalue weighted by atomic mass is 9.97. The van der Waals surface area contributed by atoms with Crippen LogP contribution >= 0.6 is 0 Å². The van der Waals surface area contributed by atoms with E-state index in [0.717, 1.165) is 36.1 Å². The third kappa shape index (κ3) is 5.60. The van der Waals surface area contributed by atoms with Gasteiger partial charge in [0.25, 0.3) is 5.91 Å². The highest BCUT2D eigenvalue weighted by molar-refractivity contribution is 5.77. The lowest BCUT2D eigenvalue weighted by molar-refractivity contribution is -0.123. The van der Waals surface area contributed by atoms with Gasteiger partial charge >= 0.3 is 0 Å². The van der Waals surface area contributed by atoms with E-state index in [-0.39, 0.29) is 18.6 Å². The van der Waals surface area contributed by atoms with Gasteiger partial charge < -0.3 is 14.5 Å². The number of nitrogens with one attached hydrogen (secondary N) is 1. The Balaban J connectivity index is 1.56. The van der Waals surface area contributed by atoms with Crippen molar-refractivity contribution in [3.05, 3.63) is 53.5 Å². The smallest absolute Gasteiger partial charge is 0.258 e. The Morgan fingerprint density at radius 2 is 2.04 bits per heavy atom. The predicted octanol–water partition coefficient (Wildman–Crippen LogP) is 3.86. The Labute approximate surface area is 161 Å². The second-order valence-electron chi connectivity index (χ2n) is 7.59. The summed E-state index contributed by atoms with van der Waals surface area (Å²) in [6, 6.07) is 11.8. The summed E-state index contributed by atoms with van der Waals surface area (Å²) in [5, 5.41) is 3.02. The maximum absolute atomic E-state index is 12.3. The molecule has 1 amide bonds. The van der Waals surface area contributed by atoms with E-state index in [9.17, 15) is 4.79 Å². The van der Waals surface area contributed by atoms with Crippen molar-refractivity contribution in [2.24, 2.45) is 5.92 Å². The summed E-state index contributed by atoms with van der Waals surface area (Å²) in [7, 11) is 0. The third-order valence-electron chi connectivity index (χ3n) is 5.20. The zero-order valence-electron chi connectivity index (χ0n) is 16.5. The summed E-state index contributed by atoms with van der Waals surface area (Å²) >= 11 is 0. The second-order valence-corrected chi connectivity index (χ2v) is 7.59. The molecule has 1 saturated heterocycles. The number of piperidine rings is 1. The molecule has 2 aromatic rings. The summed E-state index contributed by atoms with van der Waals surface area (Å²) < 4.78 is 11.5. The SMILES string of the molecule is Cc1cccc(OCC(=O)NC[C@@H](c2ccc(C)o2)N2CCC(C)CC2)c1. The minimum atomic E-state index is -0.116. The first kappa shape index (κ1) is 19.5. The molecule has 0 spiro atoms. The largest absolute Gasteiger partial charge is 0.484 e. The number of aryl methyl sites for hydroxylation is 2. The molecule has 0 saturated carbocycles. The Bertz CT molecular complexity index is 748. The van der Waals surface area contributed by atoms with Gasteiger partial charge in [0.1, 0.15) is 17.3 Å². The van der Waals surface area contributed by atoms with Crippen molar-refractivity contribution < 1.29 is 13.9 Å². The summed E-state index contributed by atoms with van der Waals surface area (Å²) in [6.45, 7) is 8.85. The van der Waals surface area contributed by atoms with E-state index in [1.54, 1.807) is 0 Å². The molecule has 0 radical (unpaired) electrons. The summed E-state index contributed by atoms with van der Waals surface area (Å²) in [4.78, 5) is 14.7. The number of amides is 1. The predicted molar refractivity (Wildman–Crippen MR) is 106 cm³/mol. The normalized spacial score (nSPS) is 16.9. The zero-order valence-corrected chi connectivity index (χ0v) is 16.5. The molecule has 1 aliphatic heterocycles. The first-order chi connectivity index (χ1) is 13.0. The van der Waals surface area contributed by atoms with Gasteiger partial charge in [-0.15, -0.1) is 0 Å². The summed E-state index contributed by atoms with van der Waals surface area (Å²) in [6.07, 6.45) is 2.36. The van der Waals surface area contributed by atoms with Crippen molar-refractivity contribution >= 4 is 5.91 Å². The van der Waals surface area contributed by atoms with Crippen LogP contribution in [0.5, 0.6) is 5.75 Å².